The number of hydrogen-bond donors (Lipinski definition) is 1. The maximum absolute atomic E-state index is 5.82. The van der Waals surface area contributed by atoms with E-state index < -0.39 is 15.7 Å². The molecule has 1 unspecified atom stereocenters. The zero-order chi connectivity index (χ0) is 10.7. The van der Waals surface area contributed by atoms with Crippen LogP contribution in [0.1, 0.15) is 6.92 Å². The second-order valence-corrected chi connectivity index (χ2v) is 18.6. The van der Waals surface area contributed by atoms with Crippen molar-refractivity contribution in [2.45, 2.75) is 38.7 Å². The summed E-state index contributed by atoms with van der Waals surface area (Å²) < 4.78 is 11.3. The van der Waals surface area contributed by atoms with Crippen LogP contribution in [0.4, 0.5) is 0 Å². The first-order valence-electron chi connectivity index (χ1n) is 4.65. The Balaban J connectivity index is 4.70. The molecule has 0 aromatic carbocycles. The Kier molecular flexibility index (Phi) is 4.81. The number of nitrogens with two attached hydrogens (primary N) is 1. The van der Waals surface area contributed by atoms with Gasteiger partial charge in [0.1, 0.15) is 7.59 Å². The molecule has 1 atom stereocenters. The van der Waals surface area contributed by atoms with E-state index in [1.54, 1.807) is 14.2 Å². The van der Waals surface area contributed by atoms with Gasteiger partial charge in [-0.15, -0.1) is 0 Å². The molecular weight excluding hydrogens is 198 g/mol. The Labute approximate surface area is 83.7 Å². The van der Waals surface area contributed by atoms with Crippen LogP contribution in [-0.4, -0.2) is 35.9 Å². The van der Waals surface area contributed by atoms with Crippen molar-refractivity contribution < 1.29 is 8.85 Å². The molecular formula is C8H23NO2Si2. The van der Waals surface area contributed by atoms with Crippen molar-refractivity contribution in [1.82, 2.24) is 0 Å². The molecule has 0 rings (SSSR count). The highest BCUT2D eigenvalue weighted by molar-refractivity contribution is 7.36. The minimum Gasteiger partial charge on any atom is -0.400 e. The lowest BCUT2D eigenvalue weighted by atomic mass is 10.4. The molecule has 2 N–H and O–H groups in total. The molecule has 0 aliphatic rings. The van der Waals surface area contributed by atoms with Crippen LogP contribution in [-0.2, 0) is 8.85 Å². The third-order valence-corrected chi connectivity index (χ3v) is 15.9. The lowest BCUT2D eigenvalue weighted by molar-refractivity contribution is 0.259. The molecule has 0 bridgehead atoms. The zero-order valence-electron chi connectivity index (χ0n) is 9.68. The topological polar surface area (TPSA) is 44.5 Å². The minimum atomic E-state index is -1.99. The highest BCUT2D eigenvalue weighted by atomic mass is 29.3. The molecule has 13 heavy (non-hydrogen) atoms. The SMILES string of the molecule is CO[Si](CC(C)N)(OC)[Si](C)(C)C. The molecule has 0 aliphatic heterocycles. The molecule has 5 heteroatoms. The molecule has 0 aromatic rings. The van der Waals surface area contributed by atoms with E-state index in [4.69, 9.17) is 14.6 Å². The molecule has 0 aromatic heterocycles. The fraction of sp³-hybridized carbons (Fsp3) is 1.00. The van der Waals surface area contributed by atoms with E-state index in [1.165, 1.54) is 0 Å². The zero-order valence-corrected chi connectivity index (χ0v) is 11.7. The van der Waals surface area contributed by atoms with Crippen LogP contribution in [0.2, 0.25) is 25.7 Å². The molecule has 80 valence electrons. The second kappa shape index (κ2) is 4.70. The first-order valence-corrected chi connectivity index (χ1v) is 11.2. The Morgan fingerprint density at radius 1 is 1.15 bits per heavy atom. The van der Waals surface area contributed by atoms with Gasteiger partial charge >= 0.3 is 8.08 Å². The van der Waals surface area contributed by atoms with Crippen molar-refractivity contribution in [3.63, 3.8) is 0 Å². The predicted octanol–water partition coefficient (Wildman–Crippen LogP) is 1.49. The van der Waals surface area contributed by atoms with E-state index in [2.05, 4.69) is 19.6 Å². The summed E-state index contributed by atoms with van der Waals surface area (Å²) in [6.45, 7) is 8.87. The fourth-order valence-corrected chi connectivity index (χ4v) is 11.3. The summed E-state index contributed by atoms with van der Waals surface area (Å²) in [6, 6.07) is 1.06. The standard InChI is InChI=1S/C8H23NO2Si2/c1-8(9)7-13(10-2,11-3)12(4,5)6/h8H,7,9H2,1-6H3. The number of hydrogen-bond acceptors (Lipinski definition) is 3. The Morgan fingerprint density at radius 3 is 1.62 bits per heavy atom. The van der Waals surface area contributed by atoms with Gasteiger partial charge in [-0.1, -0.05) is 26.6 Å². The van der Waals surface area contributed by atoms with Crippen molar-refractivity contribution in [2.75, 3.05) is 14.2 Å². The number of rotatable bonds is 5. The molecule has 0 saturated heterocycles. The van der Waals surface area contributed by atoms with Crippen LogP contribution >= 0.6 is 0 Å². The summed E-state index contributed by atoms with van der Waals surface area (Å²) in [6.07, 6.45) is 0. The predicted molar refractivity (Wildman–Crippen MR) is 61.6 cm³/mol. The monoisotopic (exact) mass is 221 g/mol. The molecule has 3 nitrogen and oxygen atoms in total. The van der Waals surface area contributed by atoms with Gasteiger partial charge in [0.05, 0.1) is 0 Å². The van der Waals surface area contributed by atoms with Crippen molar-refractivity contribution >= 4 is 15.7 Å². The average Bonchev–Trinajstić information content (AvgIpc) is 1.97. The average molecular weight is 221 g/mol. The van der Waals surface area contributed by atoms with Gasteiger partial charge in [-0.05, 0) is 0 Å². The Morgan fingerprint density at radius 2 is 1.54 bits per heavy atom. The molecule has 0 heterocycles. The molecule has 0 radical (unpaired) electrons. The van der Waals surface area contributed by atoms with E-state index in [9.17, 15) is 0 Å². The van der Waals surface area contributed by atoms with Gasteiger partial charge < -0.3 is 14.6 Å². The van der Waals surface area contributed by atoms with Crippen molar-refractivity contribution in [3.05, 3.63) is 0 Å². The summed E-state index contributed by atoms with van der Waals surface area (Å²) in [7, 11) is 0.141. The molecule has 0 amide bonds. The maximum atomic E-state index is 5.82. The normalized spacial score (nSPS) is 15.9. The van der Waals surface area contributed by atoms with E-state index in [0.717, 1.165) is 6.04 Å². The third kappa shape index (κ3) is 3.17. The third-order valence-electron chi connectivity index (χ3n) is 2.39. The van der Waals surface area contributed by atoms with Gasteiger partial charge in [0.15, 0.2) is 0 Å². The van der Waals surface area contributed by atoms with Gasteiger partial charge in [0, 0.05) is 26.3 Å². The van der Waals surface area contributed by atoms with Gasteiger partial charge in [-0.25, -0.2) is 0 Å². The lowest BCUT2D eigenvalue weighted by Crippen LogP contribution is -2.62. The van der Waals surface area contributed by atoms with E-state index in [0.29, 0.717) is 0 Å². The van der Waals surface area contributed by atoms with Gasteiger partial charge in [-0.3, -0.25) is 0 Å². The summed E-state index contributed by atoms with van der Waals surface area (Å²) in [4.78, 5) is 0. The van der Waals surface area contributed by atoms with E-state index in [1.807, 2.05) is 6.92 Å². The largest absolute Gasteiger partial charge is 0.400 e. The van der Waals surface area contributed by atoms with Crippen LogP contribution in [0.25, 0.3) is 0 Å². The van der Waals surface area contributed by atoms with Crippen LogP contribution in [0.5, 0.6) is 0 Å². The maximum Gasteiger partial charge on any atom is 0.316 e. The van der Waals surface area contributed by atoms with Crippen LogP contribution < -0.4 is 5.73 Å². The van der Waals surface area contributed by atoms with Crippen molar-refractivity contribution in [2.24, 2.45) is 5.73 Å². The van der Waals surface area contributed by atoms with Gasteiger partial charge in [-0.2, -0.15) is 0 Å². The van der Waals surface area contributed by atoms with Crippen molar-refractivity contribution in [3.8, 4) is 0 Å². The van der Waals surface area contributed by atoms with Crippen LogP contribution in [0.15, 0.2) is 0 Å². The lowest BCUT2D eigenvalue weighted by Gasteiger charge is -2.38. The molecule has 0 spiro atoms. The van der Waals surface area contributed by atoms with Gasteiger partial charge in [0.25, 0.3) is 0 Å². The van der Waals surface area contributed by atoms with Crippen LogP contribution in [0.3, 0.4) is 0 Å². The van der Waals surface area contributed by atoms with Gasteiger partial charge in [0.2, 0.25) is 0 Å². The second-order valence-electron chi connectivity index (χ2n) is 4.59. The first kappa shape index (κ1) is 13.3. The summed E-state index contributed by atoms with van der Waals surface area (Å²) in [5, 5.41) is 0. The molecule has 0 saturated carbocycles. The minimum absolute atomic E-state index is 0.165. The molecule has 0 aliphatic carbocycles. The summed E-state index contributed by atoms with van der Waals surface area (Å²) in [5.41, 5.74) is 5.82. The summed E-state index contributed by atoms with van der Waals surface area (Å²) in [5.74, 6) is 0. The Hall–Kier alpha value is 0.314. The van der Waals surface area contributed by atoms with E-state index in [-0.39, 0.29) is 6.04 Å². The quantitative estimate of drug-likeness (QED) is 0.715. The highest BCUT2D eigenvalue weighted by Crippen LogP contribution is 2.25. The van der Waals surface area contributed by atoms with Crippen LogP contribution in [0, 0.1) is 0 Å². The van der Waals surface area contributed by atoms with E-state index >= 15 is 0 Å². The molecule has 0 fully saturated rings. The fourth-order valence-electron chi connectivity index (χ4n) is 1.59. The first-order chi connectivity index (χ1) is 5.79. The van der Waals surface area contributed by atoms with Crippen molar-refractivity contribution in [1.29, 1.82) is 0 Å². The smallest absolute Gasteiger partial charge is 0.316 e. The summed E-state index contributed by atoms with van der Waals surface area (Å²) >= 11 is 0. The highest BCUT2D eigenvalue weighted by Gasteiger charge is 2.49. The Bertz CT molecular complexity index is 153.